The van der Waals surface area contributed by atoms with Crippen LogP contribution in [0.4, 0.5) is 0 Å². The van der Waals surface area contributed by atoms with Crippen molar-refractivity contribution in [3.8, 4) is 0 Å². The van der Waals surface area contributed by atoms with Gasteiger partial charge in [-0.05, 0) is 20.3 Å². The Morgan fingerprint density at radius 2 is 2.00 bits per heavy atom. The Kier molecular flexibility index (Phi) is 8.19. The monoisotopic (exact) mass is 243 g/mol. The summed E-state index contributed by atoms with van der Waals surface area (Å²) in [5.41, 5.74) is 5.43. The van der Waals surface area contributed by atoms with Gasteiger partial charge in [0.25, 0.3) is 0 Å². The molecule has 0 spiro atoms. The minimum Gasteiger partial charge on any atom is -0.409 e. The largest absolute Gasteiger partial charge is 0.409 e. The second-order valence-electron chi connectivity index (χ2n) is 4.52. The Hall–Kier alpha value is -1.26. The van der Waals surface area contributed by atoms with Gasteiger partial charge in [0.05, 0.1) is 6.54 Å². The predicted molar refractivity (Wildman–Crippen MR) is 69.0 cm³/mol. The van der Waals surface area contributed by atoms with E-state index in [9.17, 15) is 4.79 Å². The molecule has 17 heavy (non-hydrogen) atoms. The van der Waals surface area contributed by atoms with Crippen LogP contribution < -0.4 is 5.73 Å². The van der Waals surface area contributed by atoms with Crippen molar-refractivity contribution in [1.29, 1.82) is 0 Å². The van der Waals surface area contributed by atoms with E-state index in [1.54, 1.807) is 4.90 Å². The van der Waals surface area contributed by atoms with Gasteiger partial charge in [0, 0.05) is 12.5 Å². The first-order valence-electron chi connectivity index (χ1n) is 6.28. The molecule has 0 aliphatic carbocycles. The third-order valence-electron chi connectivity index (χ3n) is 2.65. The van der Waals surface area contributed by atoms with E-state index in [4.69, 9.17) is 10.9 Å². The quantitative estimate of drug-likeness (QED) is 0.225. The summed E-state index contributed by atoms with van der Waals surface area (Å²) in [6.45, 7) is 6.19. The average Bonchev–Trinajstić information content (AvgIpc) is 2.30. The topological polar surface area (TPSA) is 78.9 Å². The van der Waals surface area contributed by atoms with Crippen molar-refractivity contribution in [2.75, 3.05) is 6.54 Å². The first-order valence-corrected chi connectivity index (χ1v) is 6.28. The third kappa shape index (κ3) is 6.81. The van der Waals surface area contributed by atoms with Gasteiger partial charge in [0.15, 0.2) is 5.84 Å². The molecule has 0 radical (unpaired) electrons. The van der Waals surface area contributed by atoms with Crippen LogP contribution in [-0.4, -0.2) is 34.4 Å². The van der Waals surface area contributed by atoms with E-state index in [0.717, 1.165) is 25.7 Å². The van der Waals surface area contributed by atoms with Crippen molar-refractivity contribution in [2.45, 2.75) is 58.9 Å². The van der Waals surface area contributed by atoms with Gasteiger partial charge in [-0.15, -0.1) is 0 Å². The molecule has 0 saturated carbocycles. The Morgan fingerprint density at radius 3 is 2.47 bits per heavy atom. The lowest BCUT2D eigenvalue weighted by Gasteiger charge is -2.26. The summed E-state index contributed by atoms with van der Waals surface area (Å²) >= 11 is 0. The number of amidine groups is 1. The number of amides is 1. The lowest BCUT2D eigenvalue weighted by Crippen LogP contribution is -2.42. The van der Waals surface area contributed by atoms with Crippen molar-refractivity contribution in [2.24, 2.45) is 10.9 Å². The molecule has 0 heterocycles. The maximum absolute atomic E-state index is 11.9. The number of hydrogen-bond donors (Lipinski definition) is 2. The van der Waals surface area contributed by atoms with Gasteiger partial charge >= 0.3 is 0 Å². The van der Waals surface area contributed by atoms with Crippen molar-refractivity contribution in [3.63, 3.8) is 0 Å². The Balaban J connectivity index is 4.16. The molecule has 3 N–H and O–H groups in total. The minimum absolute atomic E-state index is 0.0639. The summed E-state index contributed by atoms with van der Waals surface area (Å²) in [6.07, 6.45) is 4.85. The normalized spacial score (nSPS) is 11.9. The highest BCUT2D eigenvalue weighted by molar-refractivity contribution is 5.87. The Bertz CT molecular complexity index is 252. The van der Waals surface area contributed by atoms with Gasteiger partial charge in [0.2, 0.25) is 5.91 Å². The SMILES string of the molecule is CCCCCCC(=O)N(CC(N)=NO)C(C)C. The molecule has 0 saturated heterocycles. The second kappa shape index (κ2) is 8.84. The van der Waals surface area contributed by atoms with Gasteiger partial charge in [-0.1, -0.05) is 31.3 Å². The molecule has 1 amide bonds. The second-order valence-corrected chi connectivity index (χ2v) is 4.52. The van der Waals surface area contributed by atoms with Gasteiger partial charge in [-0.2, -0.15) is 0 Å². The predicted octanol–water partition coefficient (Wildman–Crippen LogP) is 1.94. The van der Waals surface area contributed by atoms with Crippen molar-refractivity contribution < 1.29 is 10.0 Å². The van der Waals surface area contributed by atoms with E-state index in [1.165, 1.54) is 0 Å². The van der Waals surface area contributed by atoms with Crippen LogP contribution in [-0.2, 0) is 4.79 Å². The highest BCUT2D eigenvalue weighted by Gasteiger charge is 2.17. The molecule has 0 atom stereocenters. The van der Waals surface area contributed by atoms with Crippen LogP contribution in [0.15, 0.2) is 5.16 Å². The number of nitrogens with zero attached hydrogens (tertiary/aromatic N) is 2. The highest BCUT2D eigenvalue weighted by atomic mass is 16.4. The molecule has 0 aromatic carbocycles. The fraction of sp³-hybridized carbons (Fsp3) is 0.833. The Morgan fingerprint density at radius 1 is 1.35 bits per heavy atom. The molecule has 0 aliphatic rings. The van der Waals surface area contributed by atoms with Gasteiger partial charge < -0.3 is 15.8 Å². The minimum atomic E-state index is 0.0639. The lowest BCUT2D eigenvalue weighted by molar-refractivity contribution is -0.132. The van der Waals surface area contributed by atoms with E-state index in [0.29, 0.717) is 6.42 Å². The van der Waals surface area contributed by atoms with Crippen LogP contribution in [0.25, 0.3) is 0 Å². The standard InChI is InChI=1S/C12H25N3O2/c1-4-5-6-7-8-12(16)15(10(2)3)9-11(13)14-17/h10,17H,4-9H2,1-3H3,(H2,13,14). The van der Waals surface area contributed by atoms with Crippen molar-refractivity contribution in [1.82, 2.24) is 4.90 Å². The zero-order chi connectivity index (χ0) is 13.3. The summed E-state index contributed by atoms with van der Waals surface area (Å²) in [5, 5.41) is 11.4. The van der Waals surface area contributed by atoms with Crippen molar-refractivity contribution in [3.05, 3.63) is 0 Å². The molecular formula is C12H25N3O2. The maximum atomic E-state index is 11.9. The van der Waals surface area contributed by atoms with Crippen LogP contribution >= 0.6 is 0 Å². The molecule has 100 valence electrons. The third-order valence-corrected chi connectivity index (χ3v) is 2.65. The molecule has 0 rings (SSSR count). The first kappa shape index (κ1) is 15.7. The Labute approximate surface area is 104 Å². The number of carbonyl (C=O) groups is 1. The summed E-state index contributed by atoms with van der Waals surface area (Å²) in [5.74, 6) is 0.142. The van der Waals surface area contributed by atoms with E-state index in [2.05, 4.69) is 12.1 Å². The van der Waals surface area contributed by atoms with Gasteiger partial charge in [0.1, 0.15) is 0 Å². The molecule has 0 aromatic heterocycles. The number of carbonyl (C=O) groups excluding carboxylic acids is 1. The summed E-state index contributed by atoms with van der Waals surface area (Å²) in [4.78, 5) is 13.6. The molecule has 0 aromatic rings. The smallest absolute Gasteiger partial charge is 0.223 e. The van der Waals surface area contributed by atoms with Gasteiger partial charge in [-0.25, -0.2) is 0 Å². The van der Waals surface area contributed by atoms with Crippen molar-refractivity contribution >= 4 is 11.7 Å². The fourth-order valence-corrected chi connectivity index (χ4v) is 1.61. The lowest BCUT2D eigenvalue weighted by atomic mass is 10.1. The molecule has 0 bridgehead atoms. The summed E-state index contributed by atoms with van der Waals surface area (Å²) in [6, 6.07) is 0.0639. The van der Waals surface area contributed by atoms with Crippen LogP contribution in [0.1, 0.15) is 52.9 Å². The molecule has 0 fully saturated rings. The van der Waals surface area contributed by atoms with Crippen LogP contribution in [0.2, 0.25) is 0 Å². The molecular weight excluding hydrogens is 218 g/mol. The summed E-state index contributed by atoms with van der Waals surface area (Å²) in [7, 11) is 0. The number of hydrogen-bond acceptors (Lipinski definition) is 3. The zero-order valence-corrected chi connectivity index (χ0v) is 11.1. The van der Waals surface area contributed by atoms with E-state index in [-0.39, 0.29) is 24.3 Å². The van der Waals surface area contributed by atoms with E-state index < -0.39 is 0 Å². The van der Waals surface area contributed by atoms with Crippen LogP contribution in [0.3, 0.4) is 0 Å². The number of nitrogens with two attached hydrogens (primary N) is 1. The number of oxime groups is 1. The van der Waals surface area contributed by atoms with E-state index >= 15 is 0 Å². The molecule has 0 unspecified atom stereocenters. The maximum Gasteiger partial charge on any atom is 0.223 e. The zero-order valence-electron chi connectivity index (χ0n) is 11.1. The molecule has 0 aliphatic heterocycles. The molecule has 5 heteroatoms. The van der Waals surface area contributed by atoms with Gasteiger partial charge in [-0.3, -0.25) is 4.79 Å². The van der Waals surface area contributed by atoms with E-state index in [1.807, 2.05) is 13.8 Å². The fourth-order valence-electron chi connectivity index (χ4n) is 1.61. The summed E-state index contributed by atoms with van der Waals surface area (Å²) < 4.78 is 0. The average molecular weight is 243 g/mol. The number of unbranched alkanes of at least 4 members (excludes halogenated alkanes) is 3. The highest BCUT2D eigenvalue weighted by Crippen LogP contribution is 2.07. The number of rotatable bonds is 8. The first-order chi connectivity index (χ1) is 8.02. The molecule has 5 nitrogen and oxygen atoms in total. The van der Waals surface area contributed by atoms with Crippen LogP contribution in [0.5, 0.6) is 0 Å². The van der Waals surface area contributed by atoms with Crippen LogP contribution in [0, 0.1) is 0 Å².